The van der Waals surface area contributed by atoms with Crippen LogP contribution in [0.1, 0.15) is 18.6 Å². The number of nitrogens with one attached hydrogen (secondary N) is 2. The van der Waals surface area contributed by atoms with Gasteiger partial charge in [0.05, 0.1) is 11.5 Å². The Hall–Kier alpha value is -1.74. The van der Waals surface area contributed by atoms with Crippen molar-refractivity contribution in [2.45, 2.75) is 25.4 Å². The van der Waals surface area contributed by atoms with Crippen LogP contribution in [0.2, 0.25) is 0 Å². The van der Waals surface area contributed by atoms with Gasteiger partial charge in [0.1, 0.15) is 11.3 Å². The molecule has 1 saturated heterocycles. The molecule has 2 N–H and O–H groups in total. The lowest BCUT2D eigenvalue weighted by molar-refractivity contribution is 0.460. The first-order valence-corrected chi connectivity index (χ1v) is 9.93. The van der Waals surface area contributed by atoms with Crippen LogP contribution in [-0.2, 0) is 6.54 Å². The lowest BCUT2D eigenvalue weighted by Gasteiger charge is -2.33. The van der Waals surface area contributed by atoms with Crippen LogP contribution in [0.25, 0.3) is 11.0 Å². The van der Waals surface area contributed by atoms with Crippen molar-refractivity contribution in [1.82, 2.24) is 10.6 Å². The molecule has 0 aliphatic carbocycles. The lowest BCUT2D eigenvalue weighted by atomic mass is 10.1. The van der Waals surface area contributed by atoms with Crippen molar-refractivity contribution in [2.75, 3.05) is 25.0 Å². The Labute approximate surface area is 180 Å². The van der Waals surface area contributed by atoms with Crippen molar-refractivity contribution in [3.05, 3.63) is 53.6 Å². The topological polar surface area (TPSA) is 52.8 Å². The van der Waals surface area contributed by atoms with E-state index < -0.39 is 0 Å². The Morgan fingerprint density at radius 2 is 2.04 bits per heavy atom. The summed E-state index contributed by atoms with van der Waals surface area (Å²) in [4.78, 5) is 6.83. The maximum atomic E-state index is 5.86. The molecule has 0 unspecified atom stereocenters. The van der Waals surface area contributed by atoms with Crippen LogP contribution in [0, 0.1) is 0 Å². The number of thiophene rings is 1. The van der Waals surface area contributed by atoms with Crippen LogP contribution in [0.4, 0.5) is 5.00 Å². The molecule has 3 heterocycles. The number of guanidine groups is 1. The summed E-state index contributed by atoms with van der Waals surface area (Å²) in [5.74, 6) is 1.75. The lowest BCUT2D eigenvalue weighted by Crippen LogP contribution is -2.48. The van der Waals surface area contributed by atoms with E-state index in [-0.39, 0.29) is 24.0 Å². The summed E-state index contributed by atoms with van der Waals surface area (Å²) in [5.41, 5.74) is 0.924. The van der Waals surface area contributed by atoms with Crippen molar-refractivity contribution in [2.24, 2.45) is 4.99 Å². The molecule has 27 heavy (non-hydrogen) atoms. The van der Waals surface area contributed by atoms with Gasteiger partial charge in [-0.15, -0.1) is 35.3 Å². The highest BCUT2D eigenvalue weighted by Crippen LogP contribution is 2.24. The summed E-state index contributed by atoms with van der Waals surface area (Å²) in [5, 5.41) is 11.6. The van der Waals surface area contributed by atoms with E-state index in [0.717, 1.165) is 48.6 Å². The second kappa shape index (κ2) is 9.45. The van der Waals surface area contributed by atoms with Gasteiger partial charge < -0.3 is 20.0 Å². The quantitative estimate of drug-likeness (QED) is 0.319. The summed E-state index contributed by atoms with van der Waals surface area (Å²) in [6.07, 6.45) is 2.23. The number of benzene rings is 1. The third-order valence-electron chi connectivity index (χ3n) is 4.78. The molecular weight excluding hydrogens is 471 g/mol. The van der Waals surface area contributed by atoms with Crippen LogP contribution >= 0.6 is 35.3 Å². The van der Waals surface area contributed by atoms with Crippen molar-refractivity contribution in [1.29, 1.82) is 0 Å². The van der Waals surface area contributed by atoms with E-state index in [1.165, 1.54) is 5.00 Å². The van der Waals surface area contributed by atoms with Gasteiger partial charge >= 0.3 is 0 Å². The minimum absolute atomic E-state index is 0. The van der Waals surface area contributed by atoms with E-state index in [2.05, 4.69) is 50.2 Å². The van der Waals surface area contributed by atoms with E-state index in [0.29, 0.717) is 12.6 Å². The minimum Gasteiger partial charge on any atom is -0.459 e. The predicted molar refractivity (Wildman–Crippen MR) is 125 cm³/mol. The van der Waals surface area contributed by atoms with Crippen molar-refractivity contribution in [3.63, 3.8) is 0 Å². The Bertz CT molecular complexity index is 836. The number of rotatable bonds is 4. The summed E-state index contributed by atoms with van der Waals surface area (Å²) >= 11 is 1.82. The fourth-order valence-corrected chi connectivity index (χ4v) is 4.16. The molecule has 0 bridgehead atoms. The summed E-state index contributed by atoms with van der Waals surface area (Å²) < 4.78 is 5.86. The molecular formula is C20H25IN4OS. The molecule has 1 fully saturated rings. The molecule has 5 nitrogen and oxygen atoms in total. The number of hydrogen-bond donors (Lipinski definition) is 2. The largest absolute Gasteiger partial charge is 0.459 e. The predicted octanol–water partition coefficient (Wildman–Crippen LogP) is 4.45. The number of halogens is 1. The van der Waals surface area contributed by atoms with Gasteiger partial charge in [-0.1, -0.05) is 18.2 Å². The Balaban J connectivity index is 0.00000210. The first kappa shape index (κ1) is 20.0. The molecule has 7 heteroatoms. The standard InChI is InChI=1S/C20H24N4OS.HI/c1-21-20(22-14-17-13-15-5-2-3-6-18(15)25-17)23-16-8-10-24(11-9-16)19-7-4-12-26-19;/h2-7,12-13,16H,8-11,14H2,1H3,(H2,21,22,23);1H. The Morgan fingerprint density at radius 1 is 1.22 bits per heavy atom. The number of anilines is 1. The highest BCUT2D eigenvalue weighted by atomic mass is 127. The normalized spacial score (nSPS) is 15.6. The Morgan fingerprint density at radius 3 is 2.74 bits per heavy atom. The molecule has 3 aromatic rings. The van der Waals surface area contributed by atoms with Gasteiger partial charge in [0.25, 0.3) is 0 Å². The molecule has 0 saturated carbocycles. The molecule has 0 amide bonds. The van der Waals surface area contributed by atoms with Gasteiger partial charge in [-0.3, -0.25) is 4.99 Å². The van der Waals surface area contributed by atoms with Gasteiger partial charge in [0, 0.05) is 31.6 Å². The molecule has 2 aromatic heterocycles. The fraction of sp³-hybridized carbons (Fsp3) is 0.350. The van der Waals surface area contributed by atoms with Crippen molar-refractivity contribution < 1.29 is 4.42 Å². The zero-order valence-corrected chi connectivity index (χ0v) is 18.5. The number of nitrogens with zero attached hydrogens (tertiary/aromatic N) is 2. The van der Waals surface area contributed by atoms with Crippen molar-refractivity contribution >= 4 is 57.2 Å². The number of para-hydroxylation sites is 1. The second-order valence-corrected chi connectivity index (χ2v) is 7.46. The molecule has 144 valence electrons. The van der Waals surface area contributed by atoms with Crippen molar-refractivity contribution in [3.8, 4) is 0 Å². The zero-order valence-electron chi connectivity index (χ0n) is 15.4. The monoisotopic (exact) mass is 496 g/mol. The van der Waals surface area contributed by atoms with Gasteiger partial charge in [-0.25, -0.2) is 0 Å². The molecule has 1 aromatic carbocycles. The van der Waals surface area contributed by atoms with Crippen LogP contribution in [-0.4, -0.2) is 32.1 Å². The highest BCUT2D eigenvalue weighted by molar-refractivity contribution is 14.0. The van der Waals surface area contributed by atoms with Gasteiger partial charge in [0.2, 0.25) is 0 Å². The average Bonchev–Trinajstić information content (AvgIpc) is 3.35. The van der Waals surface area contributed by atoms with Gasteiger partial charge in [-0.2, -0.15) is 0 Å². The second-order valence-electron chi connectivity index (χ2n) is 6.53. The maximum Gasteiger partial charge on any atom is 0.191 e. The van der Waals surface area contributed by atoms with Crippen LogP contribution in [0.3, 0.4) is 0 Å². The zero-order chi connectivity index (χ0) is 17.8. The molecule has 4 rings (SSSR count). The third-order valence-corrected chi connectivity index (χ3v) is 5.71. The van der Waals surface area contributed by atoms with Gasteiger partial charge in [-0.05, 0) is 42.5 Å². The molecule has 0 radical (unpaired) electrons. The van der Waals surface area contributed by atoms with Gasteiger partial charge in [0.15, 0.2) is 5.96 Å². The fourth-order valence-electron chi connectivity index (χ4n) is 3.38. The number of piperidine rings is 1. The molecule has 0 spiro atoms. The number of fused-ring (bicyclic) bond motifs is 1. The first-order chi connectivity index (χ1) is 12.8. The summed E-state index contributed by atoms with van der Waals surface area (Å²) in [6.45, 7) is 2.79. The van der Waals surface area contributed by atoms with E-state index in [1.807, 2.05) is 36.6 Å². The smallest absolute Gasteiger partial charge is 0.191 e. The average molecular weight is 496 g/mol. The third kappa shape index (κ3) is 4.95. The van der Waals surface area contributed by atoms with E-state index >= 15 is 0 Å². The minimum atomic E-state index is 0. The van der Waals surface area contributed by atoms with Crippen LogP contribution < -0.4 is 15.5 Å². The first-order valence-electron chi connectivity index (χ1n) is 9.05. The van der Waals surface area contributed by atoms with Crippen LogP contribution in [0.15, 0.2) is 57.3 Å². The number of furan rings is 1. The SMILES string of the molecule is CN=C(NCc1cc2ccccc2o1)NC1CCN(c2cccs2)CC1.I. The number of aliphatic imine (C=N–C) groups is 1. The van der Waals surface area contributed by atoms with E-state index in [1.54, 1.807) is 0 Å². The number of hydrogen-bond acceptors (Lipinski definition) is 4. The molecule has 0 atom stereocenters. The van der Waals surface area contributed by atoms with E-state index in [9.17, 15) is 0 Å². The van der Waals surface area contributed by atoms with Crippen LogP contribution in [0.5, 0.6) is 0 Å². The summed E-state index contributed by atoms with van der Waals surface area (Å²) in [6, 6.07) is 14.9. The molecule has 1 aliphatic rings. The highest BCUT2D eigenvalue weighted by Gasteiger charge is 2.20. The maximum absolute atomic E-state index is 5.86. The summed E-state index contributed by atoms with van der Waals surface area (Å²) in [7, 11) is 1.81. The Kier molecular flexibility index (Phi) is 7.01. The molecule has 1 aliphatic heterocycles. The van der Waals surface area contributed by atoms with E-state index in [4.69, 9.17) is 4.42 Å².